The summed E-state index contributed by atoms with van der Waals surface area (Å²) in [6.07, 6.45) is -1.78. The number of ether oxygens (including phenoxy) is 2. The molecule has 1 rings (SSSR count). The number of hydrogen-bond donors (Lipinski definition) is 2. The molecule has 1 saturated heterocycles. The van der Waals surface area contributed by atoms with Crippen molar-refractivity contribution in [2.24, 2.45) is 0 Å². The number of rotatable bonds is 3. The van der Waals surface area contributed by atoms with Crippen LogP contribution in [0.3, 0.4) is 0 Å². The first-order valence-corrected chi connectivity index (χ1v) is 5.48. The second-order valence-electron chi connectivity index (χ2n) is 2.37. The van der Waals surface area contributed by atoms with Gasteiger partial charge in [-0.05, 0) is 0 Å². The van der Waals surface area contributed by atoms with Crippen molar-refractivity contribution in [1.29, 1.82) is 0 Å². The van der Waals surface area contributed by atoms with Crippen LogP contribution in [0, 0.1) is 0 Å². The van der Waals surface area contributed by atoms with E-state index in [4.69, 9.17) is 18.0 Å². The van der Waals surface area contributed by atoms with E-state index in [1.807, 2.05) is 0 Å². The first-order chi connectivity index (χ1) is 6.15. The molecule has 0 bridgehead atoms. The van der Waals surface area contributed by atoms with Gasteiger partial charge in [-0.15, -0.1) is 0 Å². The minimum absolute atomic E-state index is 0.0872. The molecule has 6 nitrogen and oxygen atoms in total. The van der Waals surface area contributed by atoms with Crippen molar-refractivity contribution in [3.05, 3.63) is 0 Å². The average Bonchev–Trinajstić information content (AvgIpc) is 2.17. The summed E-state index contributed by atoms with van der Waals surface area (Å²) in [6.45, 7) is -0.231. The molecule has 0 radical (unpaired) electrons. The third-order valence-corrected chi connectivity index (χ3v) is 2.68. The van der Waals surface area contributed by atoms with Gasteiger partial charge in [-0.3, -0.25) is 0 Å². The zero-order valence-corrected chi connectivity index (χ0v) is 8.63. The molecule has 2 atom stereocenters. The summed E-state index contributed by atoms with van der Waals surface area (Å²) in [4.78, 5) is 21.3. The second-order valence-corrected chi connectivity index (χ2v) is 3.92. The Labute approximate surface area is 84.6 Å². The van der Waals surface area contributed by atoms with E-state index in [1.165, 1.54) is 0 Å². The molecule has 0 spiro atoms. The normalized spacial score (nSPS) is 28.7. The standard InChI is InChI=1S/C6H8IO6/c8-5(7-11)3-1-13-4(2-12-3)6(9)10/h3-4,11H,1-2H2,(H,9,10)/q-1/t3-,4+/m1/s1. The number of aliphatic carboxylic acids is 1. The van der Waals surface area contributed by atoms with Crippen LogP contribution in [0.5, 0.6) is 0 Å². The predicted molar refractivity (Wildman–Crippen MR) is 34.3 cm³/mol. The number of hydrogen-bond acceptors (Lipinski definition) is 5. The van der Waals surface area contributed by atoms with Gasteiger partial charge in [0, 0.05) is 0 Å². The zero-order valence-electron chi connectivity index (χ0n) is 6.47. The zero-order chi connectivity index (χ0) is 9.84. The number of carbonyl (C=O) groups excluding carboxylic acids is 1. The van der Waals surface area contributed by atoms with Crippen LogP contribution >= 0.6 is 0 Å². The third kappa shape index (κ3) is 2.86. The van der Waals surface area contributed by atoms with E-state index >= 15 is 0 Å². The summed E-state index contributed by atoms with van der Waals surface area (Å²) in [6, 6.07) is 0. The monoisotopic (exact) mass is 303 g/mol. The van der Waals surface area contributed by atoms with Crippen LogP contribution in [-0.4, -0.2) is 43.7 Å². The van der Waals surface area contributed by atoms with E-state index in [9.17, 15) is 9.59 Å². The van der Waals surface area contributed by atoms with Crippen LogP contribution in [0.15, 0.2) is 0 Å². The predicted octanol–water partition coefficient (Wildman–Crippen LogP) is -4.62. The van der Waals surface area contributed by atoms with Gasteiger partial charge >= 0.3 is 84.4 Å². The van der Waals surface area contributed by atoms with Crippen molar-refractivity contribution in [2.45, 2.75) is 12.2 Å². The molecule has 1 aliphatic rings. The Morgan fingerprint density at radius 1 is 1.23 bits per heavy atom. The molecule has 0 unspecified atom stereocenters. The molecular formula is C6H8IO6-. The van der Waals surface area contributed by atoms with E-state index in [0.29, 0.717) is 0 Å². The molecule has 0 aromatic carbocycles. The second kappa shape index (κ2) is 4.84. The molecule has 1 aliphatic heterocycles. The van der Waals surface area contributed by atoms with Gasteiger partial charge in [0.2, 0.25) is 0 Å². The molecule has 2 N–H and O–H groups in total. The average molecular weight is 303 g/mol. The molecule has 0 aliphatic carbocycles. The summed E-state index contributed by atoms with van der Waals surface area (Å²) in [7, 11) is 0. The van der Waals surface area contributed by atoms with E-state index in [1.54, 1.807) is 0 Å². The van der Waals surface area contributed by atoms with Gasteiger partial charge in [0.05, 0.1) is 0 Å². The molecule has 0 aromatic heterocycles. The van der Waals surface area contributed by atoms with Crippen molar-refractivity contribution in [2.75, 3.05) is 13.2 Å². The molecule has 1 fully saturated rings. The molecule has 1 heterocycles. The van der Waals surface area contributed by atoms with Gasteiger partial charge in [-0.1, -0.05) is 0 Å². The van der Waals surface area contributed by atoms with E-state index in [0.717, 1.165) is 0 Å². The van der Waals surface area contributed by atoms with Crippen molar-refractivity contribution >= 4 is 9.76 Å². The fraction of sp³-hybridized carbons (Fsp3) is 0.667. The van der Waals surface area contributed by atoms with Crippen LogP contribution in [0.2, 0.25) is 0 Å². The first kappa shape index (κ1) is 10.8. The summed E-state index contributed by atoms with van der Waals surface area (Å²) >= 11 is -1.50. The van der Waals surface area contributed by atoms with Gasteiger partial charge in [0.1, 0.15) is 0 Å². The summed E-state index contributed by atoms with van der Waals surface area (Å²) in [5, 5.41) is 8.49. The molecule has 7 heteroatoms. The van der Waals surface area contributed by atoms with E-state index in [2.05, 4.69) is 0 Å². The summed E-state index contributed by atoms with van der Waals surface area (Å²) in [5.74, 6) is -1.11. The van der Waals surface area contributed by atoms with Crippen molar-refractivity contribution < 1.29 is 49.2 Å². The van der Waals surface area contributed by atoms with Crippen molar-refractivity contribution in [3.63, 3.8) is 0 Å². The maximum absolute atomic E-state index is 10.9. The van der Waals surface area contributed by atoms with Crippen molar-refractivity contribution in [1.82, 2.24) is 0 Å². The molecular weight excluding hydrogens is 295 g/mol. The Balaban J connectivity index is 2.39. The van der Waals surface area contributed by atoms with Crippen LogP contribution in [0.25, 0.3) is 0 Å². The van der Waals surface area contributed by atoms with Crippen LogP contribution in [-0.2, 0) is 19.1 Å². The topological polar surface area (TPSA) is 93.1 Å². The molecule has 0 amide bonds. The van der Waals surface area contributed by atoms with Crippen LogP contribution in [0.1, 0.15) is 0 Å². The summed E-state index contributed by atoms with van der Waals surface area (Å²) < 4.78 is 17.9. The number of carbonyl (C=O) groups is 2. The number of carboxylic acid groups (broad SMARTS) is 1. The first-order valence-electron chi connectivity index (χ1n) is 3.43. The van der Waals surface area contributed by atoms with Gasteiger partial charge in [0.15, 0.2) is 0 Å². The Bertz CT molecular complexity index is 209. The third-order valence-electron chi connectivity index (χ3n) is 1.51. The van der Waals surface area contributed by atoms with E-state index in [-0.39, 0.29) is 17.0 Å². The van der Waals surface area contributed by atoms with Crippen LogP contribution < -0.4 is 21.6 Å². The molecule has 0 aromatic rings. The Morgan fingerprint density at radius 3 is 2.15 bits per heavy atom. The van der Waals surface area contributed by atoms with Crippen LogP contribution in [0.4, 0.5) is 0 Å². The molecule has 76 valence electrons. The van der Waals surface area contributed by atoms with Gasteiger partial charge in [-0.2, -0.15) is 0 Å². The molecule has 0 saturated carbocycles. The Kier molecular flexibility index (Phi) is 4.03. The van der Waals surface area contributed by atoms with E-state index < -0.39 is 39.8 Å². The Morgan fingerprint density at radius 2 is 1.77 bits per heavy atom. The maximum atomic E-state index is 10.9. The van der Waals surface area contributed by atoms with Gasteiger partial charge < -0.3 is 0 Å². The van der Waals surface area contributed by atoms with Crippen molar-refractivity contribution in [3.8, 4) is 0 Å². The minimum atomic E-state index is -1.50. The fourth-order valence-corrected chi connectivity index (χ4v) is 1.50. The number of carboxylic acids is 1. The molecule has 13 heavy (non-hydrogen) atoms. The van der Waals surface area contributed by atoms with Gasteiger partial charge in [0.25, 0.3) is 0 Å². The summed E-state index contributed by atoms with van der Waals surface area (Å²) in [5.41, 5.74) is 0. The SMILES string of the molecule is O=C(O)[C@@H]1CO[C@@H](C(=O)[I-]O)CO1. The number of halogens is 1. The van der Waals surface area contributed by atoms with Gasteiger partial charge in [-0.25, -0.2) is 0 Å². The fourth-order valence-electron chi connectivity index (χ4n) is 0.831. The Hall–Kier alpha value is -0.250. The quantitative estimate of drug-likeness (QED) is 0.402.